The van der Waals surface area contributed by atoms with E-state index in [2.05, 4.69) is 22.1 Å². The van der Waals surface area contributed by atoms with E-state index in [1.807, 2.05) is 6.92 Å². The molecule has 0 radical (unpaired) electrons. The van der Waals surface area contributed by atoms with E-state index in [9.17, 15) is 4.79 Å². The van der Waals surface area contributed by atoms with Crippen molar-refractivity contribution in [1.29, 1.82) is 0 Å². The Labute approximate surface area is 148 Å². The van der Waals surface area contributed by atoms with E-state index in [4.69, 9.17) is 16.3 Å². The van der Waals surface area contributed by atoms with Gasteiger partial charge in [0.15, 0.2) is 10.4 Å². The second-order valence-electron chi connectivity index (χ2n) is 4.43. The highest BCUT2D eigenvalue weighted by Crippen LogP contribution is 2.26. The summed E-state index contributed by atoms with van der Waals surface area (Å²) in [6, 6.07) is 6.96. The molecule has 23 heavy (non-hydrogen) atoms. The molecule has 0 aliphatic rings. The van der Waals surface area contributed by atoms with Crippen LogP contribution in [0.2, 0.25) is 5.02 Å². The first kappa shape index (κ1) is 17.8. The molecule has 0 saturated carbocycles. The average Bonchev–Trinajstić information content (AvgIpc) is 2.98. The van der Waals surface area contributed by atoms with Crippen molar-refractivity contribution in [2.75, 3.05) is 11.1 Å². The first-order chi connectivity index (χ1) is 11.1. The summed E-state index contributed by atoms with van der Waals surface area (Å²) in [4.78, 5) is 12.3. The monoisotopic (exact) mass is 369 g/mol. The lowest BCUT2D eigenvalue weighted by Crippen LogP contribution is -2.32. The van der Waals surface area contributed by atoms with E-state index >= 15 is 0 Å². The molecule has 0 aliphatic heterocycles. The Morgan fingerprint density at radius 1 is 1.57 bits per heavy atom. The highest BCUT2D eigenvalue weighted by atomic mass is 35.5. The second-order valence-corrected chi connectivity index (χ2v) is 7.12. The molecule has 0 spiro atoms. The number of benzene rings is 1. The number of ether oxygens (including phenoxy) is 1. The van der Waals surface area contributed by atoms with Crippen LogP contribution in [0, 0.1) is 0 Å². The predicted molar refractivity (Wildman–Crippen MR) is 95.6 cm³/mol. The largest absolute Gasteiger partial charge is 0.481 e. The number of nitrogens with one attached hydrogen (secondary N) is 1. The van der Waals surface area contributed by atoms with Crippen LogP contribution in [0.5, 0.6) is 5.75 Å². The number of nitrogens with zero attached hydrogens (tertiary/aromatic N) is 2. The number of thioether (sulfide) groups is 1. The maximum absolute atomic E-state index is 12.3. The Hall–Kier alpha value is -1.57. The summed E-state index contributed by atoms with van der Waals surface area (Å²) < 4.78 is 6.47. The van der Waals surface area contributed by atoms with Crippen molar-refractivity contribution < 1.29 is 9.53 Å². The SMILES string of the molecule is C=CCSc1nnc(NC(=O)[C@@H](CC)Oc2cccc(Cl)c2)s1. The average molecular weight is 370 g/mol. The zero-order valence-electron chi connectivity index (χ0n) is 12.5. The number of halogens is 1. The lowest BCUT2D eigenvalue weighted by molar-refractivity contribution is -0.122. The molecule has 0 saturated heterocycles. The topological polar surface area (TPSA) is 64.1 Å². The summed E-state index contributed by atoms with van der Waals surface area (Å²) in [5, 5.41) is 11.7. The van der Waals surface area contributed by atoms with Crippen LogP contribution in [0.3, 0.4) is 0 Å². The molecule has 1 aromatic heterocycles. The van der Waals surface area contributed by atoms with Gasteiger partial charge >= 0.3 is 0 Å². The van der Waals surface area contributed by atoms with Gasteiger partial charge in [0, 0.05) is 10.8 Å². The number of aromatic nitrogens is 2. The molecule has 2 rings (SSSR count). The quantitative estimate of drug-likeness (QED) is 0.427. The van der Waals surface area contributed by atoms with E-state index in [0.29, 0.717) is 22.3 Å². The molecule has 8 heteroatoms. The number of carbonyl (C=O) groups excluding carboxylic acids is 1. The zero-order valence-corrected chi connectivity index (χ0v) is 14.9. The van der Waals surface area contributed by atoms with Crippen molar-refractivity contribution in [2.45, 2.75) is 23.8 Å². The van der Waals surface area contributed by atoms with Crippen LogP contribution in [-0.2, 0) is 4.79 Å². The molecule has 1 aromatic carbocycles. The van der Waals surface area contributed by atoms with Crippen LogP contribution in [0.15, 0.2) is 41.3 Å². The van der Waals surface area contributed by atoms with E-state index in [-0.39, 0.29) is 5.91 Å². The fraction of sp³-hybridized carbons (Fsp3) is 0.267. The summed E-state index contributed by atoms with van der Waals surface area (Å²) in [7, 11) is 0. The van der Waals surface area contributed by atoms with Crippen LogP contribution in [0.4, 0.5) is 5.13 Å². The van der Waals surface area contributed by atoms with Gasteiger partial charge in [0.2, 0.25) is 5.13 Å². The Morgan fingerprint density at radius 2 is 2.39 bits per heavy atom. The van der Waals surface area contributed by atoms with E-state index in [1.165, 1.54) is 23.1 Å². The third-order valence-electron chi connectivity index (χ3n) is 2.70. The third kappa shape index (κ3) is 5.53. The normalized spacial score (nSPS) is 11.7. The maximum atomic E-state index is 12.3. The van der Waals surface area contributed by atoms with Crippen LogP contribution in [-0.4, -0.2) is 28.0 Å². The Balaban J connectivity index is 1.96. The summed E-state index contributed by atoms with van der Waals surface area (Å²) in [5.41, 5.74) is 0. The molecule has 122 valence electrons. The fourth-order valence-electron chi connectivity index (χ4n) is 1.66. The van der Waals surface area contributed by atoms with Gasteiger partial charge < -0.3 is 4.74 Å². The van der Waals surface area contributed by atoms with Gasteiger partial charge in [0.1, 0.15) is 5.75 Å². The number of amides is 1. The third-order valence-corrected chi connectivity index (χ3v) is 4.90. The Bertz CT molecular complexity index is 678. The van der Waals surface area contributed by atoms with E-state index in [0.717, 1.165) is 10.1 Å². The molecule has 0 unspecified atom stereocenters. The highest BCUT2D eigenvalue weighted by molar-refractivity contribution is 8.01. The Kier molecular flexibility index (Phi) is 6.88. The van der Waals surface area contributed by atoms with E-state index in [1.54, 1.807) is 30.3 Å². The molecule has 0 bridgehead atoms. The first-order valence-electron chi connectivity index (χ1n) is 6.92. The second kappa shape index (κ2) is 8.90. The molecular formula is C15H16ClN3O2S2. The molecule has 1 heterocycles. The fourth-order valence-corrected chi connectivity index (χ4v) is 3.36. The van der Waals surface area contributed by atoms with Gasteiger partial charge in [-0.2, -0.15) is 0 Å². The maximum Gasteiger partial charge on any atom is 0.267 e. The van der Waals surface area contributed by atoms with Gasteiger partial charge in [-0.1, -0.05) is 53.8 Å². The van der Waals surface area contributed by atoms with Crippen LogP contribution >= 0.6 is 34.7 Å². The molecule has 0 aliphatic carbocycles. The van der Waals surface area contributed by atoms with Crippen LogP contribution < -0.4 is 10.1 Å². The standard InChI is InChI=1S/C15H16ClN3O2S2/c1-3-8-22-15-19-18-14(23-15)17-13(20)12(4-2)21-11-7-5-6-10(16)9-11/h3,5-7,9,12H,1,4,8H2,2H3,(H,17,18,20)/t12-/m1/s1. The van der Waals surface area contributed by atoms with Crippen LogP contribution in [0.25, 0.3) is 0 Å². The minimum atomic E-state index is -0.623. The smallest absolute Gasteiger partial charge is 0.267 e. The minimum Gasteiger partial charge on any atom is -0.481 e. The van der Waals surface area contributed by atoms with Crippen molar-refractivity contribution in [3.8, 4) is 5.75 Å². The zero-order chi connectivity index (χ0) is 16.7. The minimum absolute atomic E-state index is 0.260. The number of anilines is 1. The summed E-state index contributed by atoms with van der Waals surface area (Å²) in [5.74, 6) is 1.04. The van der Waals surface area contributed by atoms with E-state index < -0.39 is 6.10 Å². The first-order valence-corrected chi connectivity index (χ1v) is 9.10. The molecule has 1 atom stereocenters. The summed E-state index contributed by atoms with van der Waals surface area (Å²) in [6.07, 6.45) is 1.69. The highest BCUT2D eigenvalue weighted by Gasteiger charge is 2.20. The van der Waals surface area contributed by atoms with Crippen molar-refractivity contribution >= 4 is 45.7 Å². The van der Waals surface area contributed by atoms with Crippen molar-refractivity contribution in [1.82, 2.24) is 10.2 Å². The number of rotatable bonds is 8. The molecule has 0 fully saturated rings. The predicted octanol–water partition coefficient (Wildman–Crippen LogP) is 4.27. The van der Waals surface area contributed by atoms with Crippen LogP contribution in [0.1, 0.15) is 13.3 Å². The molecule has 1 amide bonds. The van der Waals surface area contributed by atoms with Crippen molar-refractivity contribution in [2.24, 2.45) is 0 Å². The van der Waals surface area contributed by atoms with Gasteiger partial charge in [0.05, 0.1) is 0 Å². The summed E-state index contributed by atoms with van der Waals surface area (Å²) >= 11 is 8.76. The van der Waals surface area contributed by atoms with Gasteiger partial charge in [-0.15, -0.1) is 16.8 Å². The van der Waals surface area contributed by atoms with Gasteiger partial charge in [0.25, 0.3) is 5.91 Å². The molecule has 5 nitrogen and oxygen atoms in total. The van der Waals surface area contributed by atoms with Gasteiger partial charge in [-0.05, 0) is 24.6 Å². The number of hydrogen-bond donors (Lipinski definition) is 1. The van der Waals surface area contributed by atoms with Crippen molar-refractivity contribution in [3.05, 3.63) is 41.9 Å². The molecule has 2 aromatic rings. The van der Waals surface area contributed by atoms with Crippen molar-refractivity contribution in [3.63, 3.8) is 0 Å². The Morgan fingerprint density at radius 3 is 3.09 bits per heavy atom. The molecular weight excluding hydrogens is 354 g/mol. The van der Waals surface area contributed by atoms with Gasteiger partial charge in [-0.25, -0.2) is 0 Å². The van der Waals surface area contributed by atoms with Gasteiger partial charge in [-0.3, -0.25) is 10.1 Å². The lowest BCUT2D eigenvalue weighted by atomic mass is 10.2. The number of carbonyl (C=O) groups is 1. The molecule has 1 N–H and O–H groups in total. The summed E-state index contributed by atoms with van der Waals surface area (Å²) in [6.45, 7) is 5.53. The number of hydrogen-bond acceptors (Lipinski definition) is 6. The lowest BCUT2D eigenvalue weighted by Gasteiger charge is -2.16.